The molecule has 4 N–H and O–H groups in total. The summed E-state index contributed by atoms with van der Waals surface area (Å²) in [6, 6.07) is 16.5. The zero-order valence-electron chi connectivity index (χ0n) is 17.2. The minimum Gasteiger partial charge on any atom is -0.388 e. The van der Waals surface area contributed by atoms with E-state index < -0.39 is 16.1 Å². The second kappa shape index (κ2) is 10.6. The Kier molecular flexibility index (Phi) is 7.84. The molecule has 1 fully saturated rings. The lowest BCUT2D eigenvalue weighted by molar-refractivity contribution is 0.168. The van der Waals surface area contributed by atoms with E-state index in [0.717, 1.165) is 30.5 Å². The summed E-state index contributed by atoms with van der Waals surface area (Å²) < 4.78 is 27.2. The molecule has 0 radical (unpaired) electrons. The molecule has 3 rings (SSSR count). The van der Waals surface area contributed by atoms with Crippen molar-refractivity contribution < 1.29 is 13.5 Å². The molecule has 2 aromatic rings. The van der Waals surface area contributed by atoms with Crippen LogP contribution in [0.3, 0.4) is 0 Å². The van der Waals surface area contributed by atoms with Gasteiger partial charge in [-0.2, -0.15) is 0 Å². The molecule has 162 valence electrons. The van der Waals surface area contributed by atoms with Crippen molar-refractivity contribution in [2.75, 3.05) is 13.1 Å². The second-order valence-corrected chi connectivity index (χ2v) is 9.09. The third-order valence-electron chi connectivity index (χ3n) is 4.79. The highest BCUT2D eigenvalue weighted by molar-refractivity contribution is 7.89. The van der Waals surface area contributed by atoms with Crippen LogP contribution in [0.15, 0.2) is 64.5 Å². The van der Waals surface area contributed by atoms with E-state index >= 15 is 0 Å². The lowest BCUT2D eigenvalue weighted by atomic mass is 10.1. The number of nitrogens with zero attached hydrogens (tertiary/aromatic N) is 1. The zero-order valence-corrected chi connectivity index (χ0v) is 18.0. The highest BCUT2D eigenvalue weighted by Gasteiger charge is 2.27. The summed E-state index contributed by atoms with van der Waals surface area (Å²) in [7, 11) is -3.43. The van der Waals surface area contributed by atoms with Crippen LogP contribution in [0.4, 0.5) is 0 Å². The van der Waals surface area contributed by atoms with Crippen LogP contribution in [0.5, 0.6) is 0 Å². The normalized spacial score (nSPS) is 15.6. The molecule has 0 saturated heterocycles. The molecule has 2 aromatic carbocycles. The first kappa shape index (κ1) is 22.3. The SMILES string of the molecule is CCNC(=NCc1ccc(S(=O)(=O)NC2CC2)cc1)NCCC(O)c1ccccc1. The van der Waals surface area contributed by atoms with Crippen LogP contribution in [-0.4, -0.2) is 38.6 Å². The summed E-state index contributed by atoms with van der Waals surface area (Å²) in [5.74, 6) is 0.657. The van der Waals surface area contributed by atoms with Gasteiger partial charge in [-0.05, 0) is 49.4 Å². The first-order valence-electron chi connectivity index (χ1n) is 10.3. The molecule has 1 saturated carbocycles. The molecule has 1 aliphatic rings. The van der Waals surface area contributed by atoms with Gasteiger partial charge in [0.15, 0.2) is 5.96 Å². The van der Waals surface area contributed by atoms with Crippen molar-refractivity contribution in [1.29, 1.82) is 0 Å². The topological polar surface area (TPSA) is 103 Å². The summed E-state index contributed by atoms with van der Waals surface area (Å²) in [5, 5.41) is 16.7. The average Bonchev–Trinajstić information content (AvgIpc) is 3.56. The highest BCUT2D eigenvalue weighted by Crippen LogP contribution is 2.22. The van der Waals surface area contributed by atoms with Crippen LogP contribution in [0.25, 0.3) is 0 Å². The molecule has 0 amide bonds. The standard InChI is InChI=1S/C22H30N4O3S/c1-2-23-22(24-15-14-21(27)18-6-4-3-5-7-18)25-16-17-8-12-20(13-9-17)30(28,29)26-19-10-11-19/h3-9,12-13,19,21,26-27H,2,10-11,14-16H2,1H3,(H2,23,24,25). The van der Waals surface area contributed by atoms with Gasteiger partial charge in [0.2, 0.25) is 10.0 Å². The van der Waals surface area contributed by atoms with Crippen LogP contribution in [0.2, 0.25) is 0 Å². The fraction of sp³-hybridized carbons (Fsp3) is 0.409. The van der Waals surface area contributed by atoms with Crippen LogP contribution >= 0.6 is 0 Å². The van der Waals surface area contributed by atoms with Gasteiger partial charge < -0.3 is 15.7 Å². The van der Waals surface area contributed by atoms with Gasteiger partial charge in [-0.15, -0.1) is 0 Å². The van der Waals surface area contributed by atoms with Crippen LogP contribution in [0, 0.1) is 0 Å². The van der Waals surface area contributed by atoms with Crippen LogP contribution < -0.4 is 15.4 Å². The monoisotopic (exact) mass is 430 g/mol. The third kappa shape index (κ3) is 6.83. The Hall–Kier alpha value is -2.42. The Balaban J connectivity index is 1.52. The molecule has 0 aromatic heterocycles. The number of guanidine groups is 1. The van der Waals surface area contributed by atoms with Gasteiger partial charge >= 0.3 is 0 Å². The summed E-state index contributed by atoms with van der Waals surface area (Å²) in [6.45, 7) is 3.71. The smallest absolute Gasteiger partial charge is 0.240 e. The molecule has 30 heavy (non-hydrogen) atoms. The van der Waals surface area contributed by atoms with Gasteiger partial charge in [-0.25, -0.2) is 18.1 Å². The minimum atomic E-state index is -3.43. The maximum Gasteiger partial charge on any atom is 0.240 e. The largest absolute Gasteiger partial charge is 0.388 e. The number of nitrogens with one attached hydrogen (secondary N) is 3. The van der Waals surface area contributed by atoms with Crippen molar-refractivity contribution in [3.63, 3.8) is 0 Å². The maximum absolute atomic E-state index is 12.2. The lowest BCUT2D eigenvalue weighted by Crippen LogP contribution is -2.38. The van der Waals surface area contributed by atoms with Gasteiger partial charge in [-0.3, -0.25) is 0 Å². The first-order valence-corrected chi connectivity index (χ1v) is 11.8. The van der Waals surface area contributed by atoms with Gasteiger partial charge in [-0.1, -0.05) is 42.5 Å². The molecule has 0 heterocycles. The number of hydrogen-bond donors (Lipinski definition) is 4. The first-order chi connectivity index (χ1) is 14.5. The third-order valence-corrected chi connectivity index (χ3v) is 6.33. The fourth-order valence-electron chi connectivity index (χ4n) is 2.94. The Bertz CT molecular complexity index is 927. The van der Waals surface area contributed by atoms with E-state index in [2.05, 4.69) is 20.3 Å². The predicted molar refractivity (Wildman–Crippen MR) is 119 cm³/mol. The molecule has 1 aliphatic carbocycles. The summed E-state index contributed by atoms with van der Waals surface area (Å²) in [6.07, 6.45) is 1.86. The van der Waals surface area contributed by atoms with Crippen molar-refractivity contribution in [2.24, 2.45) is 4.99 Å². The number of aliphatic hydroxyl groups is 1. The summed E-state index contributed by atoms with van der Waals surface area (Å²) >= 11 is 0. The van der Waals surface area contributed by atoms with E-state index in [1.807, 2.05) is 37.3 Å². The van der Waals surface area contributed by atoms with Crippen molar-refractivity contribution in [1.82, 2.24) is 15.4 Å². The molecule has 1 atom stereocenters. The number of rotatable bonds is 10. The Morgan fingerprint density at radius 2 is 1.80 bits per heavy atom. The van der Waals surface area contributed by atoms with E-state index in [4.69, 9.17) is 0 Å². The van der Waals surface area contributed by atoms with Crippen molar-refractivity contribution in [3.05, 3.63) is 65.7 Å². The average molecular weight is 431 g/mol. The predicted octanol–water partition coefficient (Wildman–Crippen LogP) is 2.31. The van der Waals surface area contributed by atoms with Crippen molar-refractivity contribution in [3.8, 4) is 0 Å². The molecule has 0 spiro atoms. The molecule has 7 nitrogen and oxygen atoms in total. The van der Waals surface area contributed by atoms with Gasteiger partial charge in [0.25, 0.3) is 0 Å². The Labute approximate surface area is 178 Å². The Morgan fingerprint density at radius 3 is 2.43 bits per heavy atom. The number of hydrogen-bond acceptors (Lipinski definition) is 4. The van der Waals surface area contributed by atoms with E-state index in [1.165, 1.54) is 0 Å². The molecule has 0 bridgehead atoms. The molecule has 8 heteroatoms. The number of sulfonamides is 1. The molecule has 0 aliphatic heterocycles. The number of aliphatic hydroxyl groups excluding tert-OH is 1. The van der Waals surface area contributed by atoms with E-state index in [0.29, 0.717) is 25.5 Å². The van der Waals surface area contributed by atoms with Gasteiger partial charge in [0.1, 0.15) is 0 Å². The Morgan fingerprint density at radius 1 is 1.10 bits per heavy atom. The van der Waals surface area contributed by atoms with Crippen molar-refractivity contribution >= 4 is 16.0 Å². The zero-order chi connectivity index (χ0) is 21.4. The molecular weight excluding hydrogens is 400 g/mol. The van der Waals surface area contributed by atoms with E-state index in [9.17, 15) is 13.5 Å². The van der Waals surface area contributed by atoms with E-state index in [-0.39, 0.29) is 10.9 Å². The summed E-state index contributed by atoms with van der Waals surface area (Å²) in [5.41, 5.74) is 1.81. The van der Waals surface area contributed by atoms with Crippen molar-refractivity contribution in [2.45, 2.75) is 49.8 Å². The molecule has 1 unspecified atom stereocenters. The fourth-order valence-corrected chi connectivity index (χ4v) is 4.25. The second-order valence-electron chi connectivity index (χ2n) is 7.38. The van der Waals surface area contributed by atoms with Crippen LogP contribution in [0.1, 0.15) is 43.4 Å². The minimum absolute atomic E-state index is 0.0911. The van der Waals surface area contributed by atoms with Crippen LogP contribution in [-0.2, 0) is 16.6 Å². The van der Waals surface area contributed by atoms with Gasteiger partial charge in [0.05, 0.1) is 17.5 Å². The van der Waals surface area contributed by atoms with E-state index in [1.54, 1.807) is 24.3 Å². The number of aliphatic imine (C=N–C) groups is 1. The maximum atomic E-state index is 12.2. The number of benzene rings is 2. The quantitative estimate of drug-likeness (QED) is 0.342. The highest BCUT2D eigenvalue weighted by atomic mass is 32.2. The lowest BCUT2D eigenvalue weighted by Gasteiger charge is -2.14. The summed E-state index contributed by atoms with van der Waals surface area (Å²) in [4.78, 5) is 4.83. The molecular formula is C22H30N4O3S. The van der Waals surface area contributed by atoms with Gasteiger partial charge in [0, 0.05) is 19.1 Å².